The van der Waals surface area contributed by atoms with Crippen molar-refractivity contribution >= 4 is 11.0 Å². The van der Waals surface area contributed by atoms with E-state index in [1.165, 1.54) is 33.5 Å². The molecule has 0 fully saturated rings. The van der Waals surface area contributed by atoms with Crippen molar-refractivity contribution in [2.24, 2.45) is 0 Å². The van der Waals surface area contributed by atoms with Crippen LogP contribution in [0, 0.1) is 0 Å². The van der Waals surface area contributed by atoms with Gasteiger partial charge in [0.15, 0.2) is 0 Å². The molecule has 2 aromatic heterocycles. The molecule has 4 nitrogen and oxygen atoms in total. The van der Waals surface area contributed by atoms with E-state index in [2.05, 4.69) is 157 Å². The summed E-state index contributed by atoms with van der Waals surface area (Å²) in [5, 5.41) is 11.1. The van der Waals surface area contributed by atoms with Gasteiger partial charge in [-0.25, -0.2) is 9.97 Å². The maximum absolute atomic E-state index is 11.1. The minimum absolute atomic E-state index is 0.281. The fourth-order valence-electron chi connectivity index (χ4n) is 8.08. The standard InChI is InChI=1S/C49H49N3O/c1-28(2)35-24-36(29(3)4)26-37(25-35)41-27-38-22-32-14-12-21-44(53)45(32)47(38)51-46(41)33-15-11-16-34(23-33)49-50-42-19-9-10-20-43(42)52(49)48-39(30(5)6)17-13-18-40(48)31(7)8/h9-21,23-31,53H,22H2,1-8H3. The van der Waals surface area contributed by atoms with E-state index in [9.17, 15) is 5.11 Å². The summed E-state index contributed by atoms with van der Waals surface area (Å²) in [5.74, 6) is 2.64. The lowest BCUT2D eigenvalue weighted by atomic mass is 9.88. The molecule has 0 amide bonds. The Kier molecular flexibility index (Phi) is 8.81. The molecule has 266 valence electrons. The van der Waals surface area contributed by atoms with Crippen LogP contribution < -0.4 is 0 Å². The van der Waals surface area contributed by atoms with Crippen molar-refractivity contribution in [1.82, 2.24) is 14.5 Å². The van der Waals surface area contributed by atoms with E-state index < -0.39 is 0 Å². The molecule has 0 radical (unpaired) electrons. The lowest BCUT2D eigenvalue weighted by Gasteiger charge is -2.22. The topological polar surface area (TPSA) is 50.9 Å². The van der Waals surface area contributed by atoms with Crippen LogP contribution >= 0.6 is 0 Å². The zero-order valence-corrected chi connectivity index (χ0v) is 32.2. The van der Waals surface area contributed by atoms with Gasteiger partial charge in [0, 0.05) is 28.7 Å². The van der Waals surface area contributed by atoms with E-state index in [0.717, 1.165) is 68.0 Å². The number of imidazole rings is 1. The number of rotatable bonds is 8. The Morgan fingerprint density at radius 2 is 1.19 bits per heavy atom. The molecule has 4 heteroatoms. The molecule has 0 spiro atoms. The highest BCUT2D eigenvalue weighted by Crippen LogP contribution is 2.46. The average molecular weight is 696 g/mol. The number of hydrogen-bond acceptors (Lipinski definition) is 3. The van der Waals surface area contributed by atoms with Gasteiger partial charge in [-0.2, -0.15) is 0 Å². The molecule has 8 rings (SSSR count). The minimum Gasteiger partial charge on any atom is -0.507 e. The van der Waals surface area contributed by atoms with Crippen LogP contribution in [-0.2, 0) is 6.42 Å². The lowest BCUT2D eigenvalue weighted by Crippen LogP contribution is -2.08. The number of hydrogen-bond donors (Lipinski definition) is 1. The Labute approximate surface area is 314 Å². The van der Waals surface area contributed by atoms with Gasteiger partial charge in [-0.1, -0.05) is 134 Å². The number of pyridine rings is 1. The SMILES string of the molecule is CC(C)c1cc(-c2cc3c(nc2-c2cccc(-c4nc5ccccc5n4-c4c(C(C)C)cccc4C(C)C)c2)-c2c(O)cccc2C3)cc(C(C)C)c1. The first-order valence-corrected chi connectivity index (χ1v) is 19.2. The molecular weight excluding hydrogens is 647 g/mol. The number of phenolic OH excluding ortho intramolecular Hbond substituents is 1. The quantitative estimate of drug-likeness (QED) is 0.172. The second-order valence-electron chi connectivity index (χ2n) is 16.0. The summed E-state index contributed by atoms with van der Waals surface area (Å²) in [5.41, 5.74) is 17.8. The molecule has 1 aliphatic carbocycles. The summed E-state index contributed by atoms with van der Waals surface area (Å²) in [6, 6.07) is 39.2. The number of phenols is 1. The Hall–Kier alpha value is -5.48. The maximum Gasteiger partial charge on any atom is 0.145 e. The summed E-state index contributed by atoms with van der Waals surface area (Å²) in [4.78, 5) is 10.8. The van der Waals surface area contributed by atoms with Crippen molar-refractivity contribution in [1.29, 1.82) is 0 Å². The van der Waals surface area contributed by atoms with Crippen molar-refractivity contribution < 1.29 is 5.11 Å². The van der Waals surface area contributed by atoms with Crippen LogP contribution in [0.4, 0.5) is 0 Å². The molecule has 7 aromatic rings. The Balaban J connectivity index is 1.40. The summed E-state index contributed by atoms with van der Waals surface area (Å²) in [7, 11) is 0. The van der Waals surface area contributed by atoms with Crippen LogP contribution in [0.5, 0.6) is 5.75 Å². The first kappa shape index (κ1) is 34.6. The fraction of sp³-hybridized carbons (Fsp3) is 0.265. The highest BCUT2D eigenvalue weighted by atomic mass is 16.3. The van der Waals surface area contributed by atoms with Crippen LogP contribution in [0.1, 0.15) is 112 Å². The number of fused-ring (bicyclic) bond motifs is 4. The Morgan fingerprint density at radius 1 is 0.547 bits per heavy atom. The zero-order valence-electron chi connectivity index (χ0n) is 32.2. The minimum atomic E-state index is 0.281. The van der Waals surface area contributed by atoms with E-state index in [-0.39, 0.29) is 5.75 Å². The van der Waals surface area contributed by atoms with Gasteiger partial charge in [-0.3, -0.25) is 4.57 Å². The predicted octanol–water partition coefficient (Wildman–Crippen LogP) is 13.2. The molecule has 1 aliphatic rings. The number of aromatic hydroxyl groups is 1. The van der Waals surface area contributed by atoms with Crippen LogP contribution in [-0.4, -0.2) is 19.6 Å². The molecule has 0 saturated heterocycles. The molecule has 5 aromatic carbocycles. The van der Waals surface area contributed by atoms with Crippen LogP contribution in [0.2, 0.25) is 0 Å². The highest BCUT2D eigenvalue weighted by molar-refractivity contribution is 5.90. The zero-order chi connectivity index (χ0) is 37.1. The lowest BCUT2D eigenvalue weighted by molar-refractivity contribution is 0.477. The third kappa shape index (κ3) is 6.04. The first-order chi connectivity index (χ1) is 25.5. The van der Waals surface area contributed by atoms with Gasteiger partial charge in [-0.15, -0.1) is 0 Å². The van der Waals surface area contributed by atoms with Crippen molar-refractivity contribution in [2.45, 2.75) is 85.5 Å². The number of benzene rings is 5. The van der Waals surface area contributed by atoms with Gasteiger partial charge in [0.1, 0.15) is 11.6 Å². The number of para-hydroxylation sites is 3. The molecule has 2 heterocycles. The smallest absolute Gasteiger partial charge is 0.145 e. The van der Waals surface area contributed by atoms with Gasteiger partial charge in [0.2, 0.25) is 0 Å². The summed E-state index contributed by atoms with van der Waals surface area (Å²) < 4.78 is 2.39. The summed E-state index contributed by atoms with van der Waals surface area (Å²) in [6.45, 7) is 18.2. The Morgan fingerprint density at radius 3 is 1.87 bits per heavy atom. The van der Waals surface area contributed by atoms with Crippen molar-refractivity contribution in [3.8, 4) is 56.5 Å². The van der Waals surface area contributed by atoms with Crippen LogP contribution in [0.25, 0.3) is 61.8 Å². The number of nitrogens with zero attached hydrogens (tertiary/aromatic N) is 3. The van der Waals surface area contributed by atoms with Gasteiger partial charge in [-0.05, 0) is 92.9 Å². The van der Waals surface area contributed by atoms with Gasteiger partial charge in [0.05, 0.1) is 28.1 Å². The molecule has 0 atom stereocenters. The van der Waals surface area contributed by atoms with Crippen molar-refractivity contribution in [2.75, 3.05) is 0 Å². The van der Waals surface area contributed by atoms with E-state index in [1.54, 1.807) is 6.07 Å². The highest BCUT2D eigenvalue weighted by Gasteiger charge is 2.27. The van der Waals surface area contributed by atoms with Gasteiger partial charge in [0.25, 0.3) is 0 Å². The third-order valence-electron chi connectivity index (χ3n) is 11.0. The molecule has 0 unspecified atom stereocenters. The first-order valence-electron chi connectivity index (χ1n) is 19.2. The van der Waals surface area contributed by atoms with Gasteiger partial charge < -0.3 is 5.11 Å². The third-order valence-corrected chi connectivity index (χ3v) is 11.0. The predicted molar refractivity (Wildman–Crippen MR) is 221 cm³/mol. The fourth-order valence-corrected chi connectivity index (χ4v) is 8.08. The Bertz CT molecular complexity index is 2460. The largest absolute Gasteiger partial charge is 0.507 e. The van der Waals surface area contributed by atoms with E-state index in [4.69, 9.17) is 9.97 Å². The molecule has 1 N–H and O–H groups in total. The van der Waals surface area contributed by atoms with Crippen molar-refractivity contribution in [3.05, 3.63) is 143 Å². The molecule has 53 heavy (non-hydrogen) atoms. The van der Waals surface area contributed by atoms with E-state index >= 15 is 0 Å². The van der Waals surface area contributed by atoms with Gasteiger partial charge >= 0.3 is 0 Å². The summed E-state index contributed by atoms with van der Waals surface area (Å²) in [6.07, 6.45) is 0.748. The molecule has 0 saturated carbocycles. The average Bonchev–Trinajstić information content (AvgIpc) is 3.72. The molecule has 0 aliphatic heterocycles. The van der Waals surface area contributed by atoms with E-state index in [0.29, 0.717) is 23.7 Å². The molecular formula is C49H49N3O. The summed E-state index contributed by atoms with van der Waals surface area (Å²) >= 11 is 0. The second-order valence-corrected chi connectivity index (χ2v) is 16.0. The monoisotopic (exact) mass is 695 g/mol. The normalized spacial score (nSPS) is 12.5. The van der Waals surface area contributed by atoms with E-state index in [1.807, 2.05) is 6.07 Å². The van der Waals surface area contributed by atoms with Crippen molar-refractivity contribution in [3.63, 3.8) is 0 Å². The number of aromatic nitrogens is 3. The molecule has 0 bridgehead atoms. The van der Waals surface area contributed by atoms with Crippen LogP contribution in [0.15, 0.2) is 109 Å². The second kappa shape index (κ2) is 13.5. The van der Waals surface area contributed by atoms with Crippen LogP contribution in [0.3, 0.4) is 0 Å². The maximum atomic E-state index is 11.1.